The van der Waals surface area contributed by atoms with Gasteiger partial charge in [0, 0.05) is 13.6 Å². The standard InChI is InChI=1S/C19H17ClFN3O2/c1-23(12-13-8-9-17(26-2)15(21)10-13)16-11-22-24(19(25)18(16)20)14-6-4-3-5-7-14/h3-11H,12H2,1-2H3. The number of hydrogen-bond donors (Lipinski definition) is 0. The Hall–Kier alpha value is -2.86. The van der Waals surface area contributed by atoms with Crippen molar-refractivity contribution in [3.8, 4) is 11.4 Å². The van der Waals surface area contributed by atoms with Gasteiger partial charge in [0.05, 0.1) is 24.7 Å². The molecule has 3 rings (SSSR count). The predicted octanol–water partition coefficient (Wildman–Crippen LogP) is 3.67. The van der Waals surface area contributed by atoms with Crippen LogP contribution in [-0.4, -0.2) is 23.9 Å². The summed E-state index contributed by atoms with van der Waals surface area (Å²) in [5, 5.41) is 4.26. The topological polar surface area (TPSA) is 47.4 Å². The van der Waals surface area contributed by atoms with Crippen LogP contribution in [0.1, 0.15) is 5.56 Å². The van der Waals surface area contributed by atoms with Crippen LogP contribution >= 0.6 is 11.6 Å². The van der Waals surface area contributed by atoms with Crippen molar-refractivity contribution >= 4 is 17.3 Å². The highest BCUT2D eigenvalue weighted by Gasteiger charge is 2.15. The largest absolute Gasteiger partial charge is 0.494 e. The van der Waals surface area contributed by atoms with Crippen molar-refractivity contribution in [2.24, 2.45) is 0 Å². The van der Waals surface area contributed by atoms with E-state index in [9.17, 15) is 9.18 Å². The molecule has 2 aromatic carbocycles. The summed E-state index contributed by atoms with van der Waals surface area (Å²) in [4.78, 5) is 14.3. The van der Waals surface area contributed by atoms with Crippen LogP contribution in [0.15, 0.2) is 59.5 Å². The van der Waals surface area contributed by atoms with E-state index in [4.69, 9.17) is 16.3 Å². The van der Waals surface area contributed by atoms with E-state index in [1.807, 2.05) is 18.2 Å². The van der Waals surface area contributed by atoms with E-state index in [-0.39, 0.29) is 10.8 Å². The quantitative estimate of drug-likeness (QED) is 0.684. The lowest BCUT2D eigenvalue weighted by Crippen LogP contribution is -2.26. The molecular weight excluding hydrogens is 357 g/mol. The fraction of sp³-hybridized carbons (Fsp3) is 0.158. The molecule has 0 fully saturated rings. The van der Waals surface area contributed by atoms with Crippen molar-refractivity contribution in [2.75, 3.05) is 19.1 Å². The predicted molar refractivity (Wildman–Crippen MR) is 99.9 cm³/mol. The number of hydrogen-bond acceptors (Lipinski definition) is 4. The summed E-state index contributed by atoms with van der Waals surface area (Å²) in [6, 6.07) is 13.7. The molecule has 0 radical (unpaired) electrons. The van der Waals surface area contributed by atoms with E-state index in [1.54, 1.807) is 36.2 Å². The van der Waals surface area contributed by atoms with Crippen molar-refractivity contribution in [3.63, 3.8) is 0 Å². The van der Waals surface area contributed by atoms with Crippen LogP contribution in [0.25, 0.3) is 5.69 Å². The Kier molecular flexibility index (Phi) is 5.23. The number of para-hydroxylation sites is 1. The van der Waals surface area contributed by atoms with E-state index < -0.39 is 11.4 Å². The smallest absolute Gasteiger partial charge is 0.292 e. The van der Waals surface area contributed by atoms with Gasteiger partial charge >= 0.3 is 0 Å². The summed E-state index contributed by atoms with van der Waals surface area (Å²) in [6.07, 6.45) is 1.52. The lowest BCUT2D eigenvalue weighted by Gasteiger charge is -2.20. The second-order valence-electron chi connectivity index (χ2n) is 5.72. The van der Waals surface area contributed by atoms with Crippen molar-refractivity contribution in [1.82, 2.24) is 9.78 Å². The van der Waals surface area contributed by atoms with Crippen LogP contribution in [0.2, 0.25) is 5.02 Å². The van der Waals surface area contributed by atoms with Crippen molar-refractivity contribution in [2.45, 2.75) is 6.54 Å². The molecule has 26 heavy (non-hydrogen) atoms. The Bertz CT molecular complexity index is 976. The summed E-state index contributed by atoms with van der Waals surface area (Å²) >= 11 is 6.28. The molecule has 0 aliphatic carbocycles. The minimum absolute atomic E-state index is 0.0559. The fourth-order valence-electron chi connectivity index (χ4n) is 2.61. The van der Waals surface area contributed by atoms with Crippen molar-refractivity contribution in [1.29, 1.82) is 0 Å². The molecule has 0 unspecified atom stereocenters. The van der Waals surface area contributed by atoms with Crippen molar-refractivity contribution < 1.29 is 9.13 Å². The molecular formula is C19H17ClFN3O2. The summed E-state index contributed by atoms with van der Waals surface area (Å²) in [5.74, 6) is -0.260. The third-order valence-electron chi connectivity index (χ3n) is 3.95. The van der Waals surface area contributed by atoms with Crippen LogP contribution < -0.4 is 15.2 Å². The Morgan fingerprint density at radius 3 is 2.62 bits per heavy atom. The Balaban J connectivity index is 1.88. The number of ether oxygens (including phenoxy) is 1. The number of aromatic nitrogens is 2. The molecule has 1 aromatic heterocycles. The summed E-state index contributed by atoms with van der Waals surface area (Å²) < 4.78 is 20.0. The molecule has 7 heteroatoms. The van der Waals surface area contributed by atoms with Gasteiger partial charge in [-0.2, -0.15) is 9.78 Å². The van der Waals surface area contributed by atoms with E-state index in [1.165, 1.54) is 24.1 Å². The minimum atomic E-state index is -0.442. The zero-order chi connectivity index (χ0) is 18.7. The third kappa shape index (κ3) is 3.55. The Labute approximate surface area is 155 Å². The molecule has 0 amide bonds. The second kappa shape index (κ2) is 7.58. The number of rotatable bonds is 5. The molecule has 1 heterocycles. The molecule has 0 aliphatic heterocycles. The summed E-state index contributed by atoms with van der Waals surface area (Å²) in [7, 11) is 3.18. The molecule has 5 nitrogen and oxygen atoms in total. The normalized spacial score (nSPS) is 10.6. The fourth-order valence-corrected chi connectivity index (χ4v) is 2.88. The highest BCUT2D eigenvalue weighted by Crippen LogP contribution is 2.24. The van der Waals surface area contributed by atoms with E-state index in [2.05, 4.69) is 5.10 Å². The van der Waals surface area contributed by atoms with Gasteiger partial charge in [0.1, 0.15) is 5.02 Å². The van der Waals surface area contributed by atoms with Gasteiger partial charge in [0.15, 0.2) is 11.6 Å². The van der Waals surface area contributed by atoms with E-state index >= 15 is 0 Å². The highest BCUT2D eigenvalue weighted by molar-refractivity contribution is 6.33. The number of anilines is 1. The summed E-state index contributed by atoms with van der Waals surface area (Å²) in [6.45, 7) is 0.358. The lowest BCUT2D eigenvalue weighted by atomic mass is 10.2. The third-order valence-corrected chi connectivity index (χ3v) is 4.30. The van der Waals surface area contributed by atoms with Crippen LogP contribution in [0.3, 0.4) is 0 Å². The zero-order valence-electron chi connectivity index (χ0n) is 14.3. The first-order chi connectivity index (χ1) is 12.5. The SMILES string of the molecule is COc1ccc(CN(C)c2cnn(-c3ccccc3)c(=O)c2Cl)cc1F. The molecule has 0 N–H and O–H groups in total. The van der Waals surface area contributed by atoms with Crippen LogP contribution in [0, 0.1) is 5.82 Å². The van der Waals surface area contributed by atoms with Crippen LogP contribution in [-0.2, 0) is 6.54 Å². The Morgan fingerprint density at radius 2 is 1.96 bits per heavy atom. The molecule has 0 saturated carbocycles. The lowest BCUT2D eigenvalue weighted by molar-refractivity contribution is 0.386. The van der Waals surface area contributed by atoms with Gasteiger partial charge in [-0.1, -0.05) is 35.9 Å². The summed E-state index contributed by atoms with van der Waals surface area (Å²) in [5.41, 5.74) is 1.41. The molecule has 0 spiro atoms. The Morgan fingerprint density at radius 1 is 1.23 bits per heavy atom. The van der Waals surface area contributed by atoms with Gasteiger partial charge in [-0.05, 0) is 29.8 Å². The molecule has 3 aromatic rings. The molecule has 134 valence electrons. The maximum atomic E-state index is 13.9. The van der Waals surface area contributed by atoms with Gasteiger partial charge in [-0.25, -0.2) is 4.39 Å². The average molecular weight is 374 g/mol. The van der Waals surface area contributed by atoms with Gasteiger partial charge in [-0.3, -0.25) is 4.79 Å². The van der Waals surface area contributed by atoms with Crippen molar-refractivity contribution in [3.05, 3.63) is 81.5 Å². The maximum absolute atomic E-state index is 13.9. The van der Waals surface area contributed by atoms with Gasteiger partial charge in [0.25, 0.3) is 5.56 Å². The van der Waals surface area contributed by atoms with Crippen LogP contribution in [0.5, 0.6) is 5.75 Å². The maximum Gasteiger partial charge on any atom is 0.292 e. The zero-order valence-corrected chi connectivity index (χ0v) is 15.1. The molecule has 0 aliphatic rings. The van der Waals surface area contributed by atoms with E-state index in [0.29, 0.717) is 23.5 Å². The van der Waals surface area contributed by atoms with Crippen LogP contribution in [0.4, 0.5) is 10.1 Å². The number of methoxy groups -OCH3 is 1. The molecule has 0 saturated heterocycles. The second-order valence-corrected chi connectivity index (χ2v) is 6.10. The number of halogens is 2. The first-order valence-corrected chi connectivity index (χ1v) is 8.26. The number of benzene rings is 2. The first kappa shape index (κ1) is 17.9. The average Bonchev–Trinajstić information content (AvgIpc) is 2.64. The van der Waals surface area contributed by atoms with Gasteiger partial charge < -0.3 is 9.64 Å². The number of nitrogens with zero attached hydrogens (tertiary/aromatic N) is 3. The monoisotopic (exact) mass is 373 g/mol. The molecule has 0 atom stereocenters. The molecule has 0 bridgehead atoms. The minimum Gasteiger partial charge on any atom is -0.494 e. The first-order valence-electron chi connectivity index (χ1n) is 7.88. The van der Waals surface area contributed by atoms with Gasteiger partial charge in [-0.15, -0.1) is 0 Å². The highest BCUT2D eigenvalue weighted by atomic mass is 35.5. The van der Waals surface area contributed by atoms with Gasteiger partial charge in [0.2, 0.25) is 0 Å². The van der Waals surface area contributed by atoms with E-state index in [0.717, 1.165) is 0 Å².